The monoisotopic (exact) mass is 367 g/mol. The largest absolute Gasteiger partial charge is 0.461 e. The number of hydrogen-bond donors (Lipinski definition) is 0. The minimum Gasteiger partial charge on any atom is -0.461 e. The normalized spacial score (nSPS) is 21.1. The molecule has 1 fully saturated rings. The average molecular weight is 368 g/mol. The smallest absolute Gasteiger partial charge is 0.257 e. The SMILES string of the molecule is Cc1oc(-c2ccc(Cl)c(Cl)c2)cc1C(=O)N1CC(C)OC(C)C1. The van der Waals surface area contributed by atoms with Crippen molar-refractivity contribution in [3.05, 3.63) is 45.6 Å². The molecule has 3 rings (SSSR count). The second-order valence-electron chi connectivity index (χ2n) is 6.18. The zero-order valence-electron chi connectivity index (χ0n) is 13.8. The second-order valence-corrected chi connectivity index (χ2v) is 6.99. The summed E-state index contributed by atoms with van der Waals surface area (Å²) in [5.41, 5.74) is 1.35. The average Bonchev–Trinajstić information content (AvgIpc) is 2.90. The Kier molecular flexibility index (Phi) is 4.90. The molecular weight excluding hydrogens is 349 g/mol. The van der Waals surface area contributed by atoms with Gasteiger partial charge in [-0.3, -0.25) is 4.79 Å². The maximum Gasteiger partial charge on any atom is 0.257 e. The summed E-state index contributed by atoms with van der Waals surface area (Å²) in [6.07, 6.45) is 0.0545. The van der Waals surface area contributed by atoms with Gasteiger partial charge in [-0.15, -0.1) is 0 Å². The molecule has 128 valence electrons. The van der Waals surface area contributed by atoms with Crippen molar-refractivity contribution in [1.82, 2.24) is 4.90 Å². The number of carbonyl (C=O) groups is 1. The summed E-state index contributed by atoms with van der Waals surface area (Å²) in [5, 5.41) is 0.934. The van der Waals surface area contributed by atoms with Gasteiger partial charge in [0.05, 0.1) is 27.8 Å². The van der Waals surface area contributed by atoms with Crippen molar-refractivity contribution in [3.63, 3.8) is 0 Å². The summed E-state index contributed by atoms with van der Waals surface area (Å²) in [6, 6.07) is 7.03. The first kappa shape index (κ1) is 17.3. The lowest BCUT2D eigenvalue weighted by atomic mass is 10.1. The van der Waals surface area contributed by atoms with Crippen LogP contribution in [0.1, 0.15) is 30.0 Å². The fraction of sp³-hybridized carbons (Fsp3) is 0.389. The van der Waals surface area contributed by atoms with E-state index >= 15 is 0 Å². The Morgan fingerprint density at radius 1 is 1.12 bits per heavy atom. The number of amides is 1. The molecule has 1 aliphatic heterocycles. The van der Waals surface area contributed by atoms with E-state index in [9.17, 15) is 4.79 Å². The lowest BCUT2D eigenvalue weighted by molar-refractivity contribution is -0.0586. The summed E-state index contributed by atoms with van der Waals surface area (Å²) in [6.45, 7) is 6.89. The molecule has 0 N–H and O–H groups in total. The van der Waals surface area contributed by atoms with Crippen molar-refractivity contribution in [1.29, 1.82) is 0 Å². The highest BCUT2D eigenvalue weighted by Gasteiger charge is 2.28. The van der Waals surface area contributed by atoms with Gasteiger partial charge in [0.1, 0.15) is 11.5 Å². The predicted molar refractivity (Wildman–Crippen MR) is 94.8 cm³/mol. The molecule has 0 radical (unpaired) electrons. The topological polar surface area (TPSA) is 42.7 Å². The van der Waals surface area contributed by atoms with Gasteiger partial charge in [0.2, 0.25) is 0 Å². The van der Waals surface area contributed by atoms with Crippen LogP contribution >= 0.6 is 23.2 Å². The Morgan fingerprint density at radius 3 is 2.42 bits per heavy atom. The predicted octanol–water partition coefficient (Wildman–Crippen LogP) is 4.81. The van der Waals surface area contributed by atoms with Gasteiger partial charge in [-0.25, -0.2) is 0 Å². The molecule has 24 heavy (non-hydrogen) atoms. The van der Waals surface area contributed by atoms with Gasteiger partial charge in [0.15, 0.2) is 0 Å². The number of aryl methyl sites for hydroxylation is 1. The maximum atomic E-state index is 12.8. The van der Waals surface area contributed by atoms with Crippen LogP contribution in [0.3, 0.4) is 0 Å². The molecule has 1 aromatic heterocycles. The number of benzene rings is 1. The summed E-state index contributed by atoms with van der Waals surface area (Å²) >= 11 is 12.0. The molecule has 6 heteroatoms. The molecule has 0 spiro atoms. The molecule has 1 aromatic carbocycles. The Hall–Kier alpha value is -1.49. The molecule has 1 amide bonds. The lowest BCUT2D eigenvalue weighted by Crippen LogP contribution is -2.48. The van der Waals surface area contributed by atoms with Gasteiger partial charge < -0.3 is 14.1 Å². The third-order valence-electron chi connectivity index (χ3n) is 4.06. The van der Waals surface area contributed by atoms with Gasteiger partial charge in [-0.2, -0.15) is 0 Å². The number of rotatable bonds is 2. The number of hydrogen-bond acceptors (Lipinski definition) is 3. The molecule has 1 saturated heterocycles. The first-order valence-electron chi connectivity index (χ1n) is 7.85. The van der Waals surface area contributed by atoms with E-state index in [2.05, 4.69) is 0 Å². The molecule has 0 bridgehead atoms. The first-order chi connectivity index (χ1) is 11.3. The number of ether oxygens (including phenoxy) is 1. The number of morpholine rings is 1. The van der Waals surface area contributed by atoms with E-state index in [1.165, 1.54) is 0 Å². The van der Waals surface area contributed by atoms with E-state index in [-0.39, 0.29) is 18.1 Å². The summed E-state index contributed by atoms with van der Waals surface area (Å²) in [5.74, 6) is 1.15. The van der Waals surface area contributed by atoms with Gasteiger partial charge in [0, 0.05) is 18.7 Å². The third-order valence-corrected chi connectivity index (χ3v) is 4.80. The highest BCUT2D eigenvalue weighted by Crippen LogP contribution is 2.31. The Morgan fingerprint density at radius 2 is 1.79 bits per heavy atom. The number of furan rings is 1. The van der Waals surface area contributed by atoms with Crippen molar-refractivity contribution in [3.8, 4) is 11.3 Å². The lowest BCUT2D eigenvalue weighted by Gasteiger charge is -2.35. The van der Waals surface area contributed by atoms with Crippen LogP contribution in [0.5, 0.6) is 0 Å². The Bertz CT molecular complexity index is 762. The van der Waals surface area contributed by atoms with Gasteiger partial charge in [0.25, 0.3) is 5.91 Å². The number of halogens is 2. The second kappa shape index (κ2) is 6.79. The van der Waals surface area contributed by atoms with E-state index in [0.717, 1.165) is 5.56 Å². The van der Waals surface area contributed by atoms with Crippen LogP contribution in [0, 0.1) is 6.92 Å². The highest BCUT2D eigenvalue weighted by molar-refractivity contribution is 6.42. The summed E-state index contributed by atoms with van der Waals surface area (Å²) in [7, 11) is 0. The number of carbonyl (C=O) groups excluding carboxylic acids is 1. The van der Waals surface area contributed by atoms with Gasteiger partial charge in [-0.1, -0.05) is 23.2 Å². The Labute approximate surface area is 151 Å². The molecule has 4 nitrogen and oxygen atoms in total. The zero-order chi connectivity index (χ0) is 17.4. The zero-order valence-corrected chi connectivity index (χ0v) is 15.3. The minimum absolute atomic E-state index is 0.0273. The van der Waals surface area contributed by atoms with E-state index < -0.39 is 0 Å². The van der Waals surface area contributed by atoms with Crippen LogP contribution in [0.2, 0.25) is 10.0 Å². The molecule has 1 aliphatic rings. The maximum absolute atomic E-state index is 12.8. The van der Waals surface area contributed by atoms with Crippen molar-refractivity contribution >= 4 is 29.1 Å². The van der Waals surface area contributed by atoms with Crippen LogP contribution in [0.15, 0.2) is 28.7 Å². The molecule has 0 aliphatic carbocycles. The minimum atomic E-state index is -0.0374. The van der Waals surface area contributed by atoms with E-state index in [0.29, 0.717) is 40.2 Å². The van der Waals surface area contributed by atoms with Crippen molar-refractivity contribution < 1.29 is 13.9 Å². The molecule has 2 aromatic rings. The summed E-state index contributed by atoms with van der Waals surface area (Å²) < 4.78 is 11.5. The van der Waals surface area contributed by atoms with E-state index in [4.69, 9.17) is 32.4 Å². The third kappa shape index (κ3) is 3.46. The van der Waals surface area contributed by atoms with Gasteiger partial charge in [-0.05, 0) is 45.0 Å². The summed E-state index contributed by atoms with van der Waals surface area (Å²) in [4.78, 5) is 14.7. The van der Waals surface area contributed by atoms with Crippen LogP contribution < -0.4 is 0 Å². The Balaban J connectivity index is 1.88. The quantitative estimate of drug-likeness (QED) is 0.764. The van der Waals surface area contributed by atoms with Crippen molar-refractivity contribution in [2.45, 2.75) is 33.0 Å². The van der Waals surface area contributed by atoms with Crippen molar-refractivity contribution in [2.24, 2.45) is 0 Å². The molecule has 0 saturated carbocycles. The van der Waals surface area contributed by atoms with E-state index in [1.54, 1.807) is 25.1 Å². The number of nitrogens with zero attached hydrogens (tertiary/aromatic N) is 1. The van der Waals surface area contributed by atoms with Crippen LogP contribution in [0.25, 0.3) is 11.3 Å². The van der Waals surface area contributed by atoms with E-state index in [1.807, 2.05) is 24.8 Å². The molecular formula is C18H19Cl2NO3. The van der Waals surface area contributed by atoms with Crippen molar-refractivity contribution in [2.75, 3.05) is 13.1 Å². The standard InChI is InChI=1S/C18H19Cl2NO3/c1-10-8-21(9-11(2)23-10)18(22)14-7-17(24-12(14)3)13-4-5-15(19)16(20)6-13/h4-7,10-11H,8-9H2,1-3H3. The highest BCUT2D eigenvalue weighted by atomic mass is 35.5. The first-order valence-corrected chi connectivity index (χ1v) is 8.61. The fourth-order valence-electron chi connectivity index (χ4n) is 3.00. The molecule has 2 heterocycles. The fourth-order valence-corrected chi connectivity index (χ4v) is 3.30. The van der Waals surface area contributed by atoms with Crippen LogP contribution in [0.4, 0.5) is 0 Å². The van der Waals surface area contributed by atoms with Gasteiger partial charge >= 0.3 is 0 Å². The van der Waals surface area contributed by atoms with Crippen LogP contribution in [-0.4, -0.2) is 36.1 Å². The van der Waals surface area contributed by atoms with Crippen LogP contribution in [-0.2, 0) is 4.74 Å². The molecule has 2 atom stereocenters. The molecule has 2 unspecified atom stereocenters.